The van der Waals surface area contributed by atoms with Gasteiger partial charge in [-0.3, -0.25) is 4.68 Å². The molecule has 1 N–H and O–H groups in total. The lowest BCUT2D eigenvalue weighted by Crippen LogP contribution is -2.01. The monoisotopic (exact) mass is 355 g/mol. The fourth-order valence-electron chi connectivity index (χ4n) is 2.53. The summed E-state index contributed by atoms with van der Waals surface area (Å²) in [6.45, 7) is 8.24. The maximum absolute atomic E-state index is 14.2. The van der Waals surface area contributed by atoms with Crippen LogP contribution >= 0.6 is 0 Å². The van der Waals surface area contributed by atoms with Gasteiger partial charge in [-0.25, -0.2) is 14.4 Å². The Kier molecular flexibility index (Phi) is 5.16. The van der Waals surface area contributed by atoms with E-state index in [0.29, 0.717) is 23.8 Å². The number of aryl methyl sites for hydroxylation is 1. The highest BCUT2D eigenvalue weighted by molar-refractivity contribution is 5.65. The molecule has 2 aromatic heterocycles. The maximum Gasteiger partial charge on any atom is 0.227 e. The Hall–Kier alpha value is -2.96. The van der Waals surface area contributed by atoms with E-state index >= 15 is 0 Å². The molecule has 0 radical (unpaired) electrons. The predicted molar refractivity (Wildman–Crippen MR) is 99.2 cm³/mol. The zero-order valence-corrected chi connectivity index (χ0v) is 15.3. The van der Waals surface area contributed by atoms with E-state index in [0.717, 1.165) is 11.3 Å². The summed E-state index contributed by atoms with van der Waals surface area (Å²) >= 11 is 0. The topological polar surface area (TPSA) is 64.9 Å². The van der Waals surface area contributed by atoms with E-state index in [1.807, 2.05) is 24.7 Å². The third kappa shape index (κ3) is 3.82. The maximum atomic E-state index is 14.2. The highest BCUT2D eigenvalue weighted by Gasteiger charge is 2.11. The Morgan fingerprint density at radius 1 is 1.27 bits per heavy atom. The first kappa shape index (κ1) is 17.8. The second kappa shape index (κ2) is 7.51. The minimum Gasteiger partial charge on any atom is -0.491 e. The molecule has 0 saturated carbocycles. The fraction of sp³-hybridized carbons (Fsp3) is 0.316. The van der Waals surface area contributed by atoms with Gasteiger partial charge < -0.3 is 10.1 Å². The van der Waals surface area contributed by atoms with E-state index in [9.17, 15) is 4.39 Å². The zero-order valence-electron chi connectivity index (χ0n) is 15.3. The zero-order chi connectivity index (χ0) is 18.7. The van der Waals surface area contributed by atoms with Crippen LogP contribution in [0.4, 0.5) is 16.0 Å². The van der Waals surface area contributed by atoms with Crippen LogP contribution in [-0.2, 0) is 0 Å². The van der Waals surface area contributed by atoms with Crippen LogP contribution in [0.25, 0.3) is 11.3 Å². The third-order valence-electron chi connectivity index (χ3n) is 3.86. The molecule has 0 bridgehead atoms. The van der Waals surface area contributed by atoms with Crippen LogP contribution in [0.2, 0.25) is 0 Å². The minimum absolute atomic E-state index is 0.238. The quantitative estimate of drug-likeness (QED) is 0.705. The molecule has 0 aliphatic heterocycles. The number of rotatable bonds is 6. The average Bonchev–Trinajstić information content (AvgIpc) is 3.07. The molecule has 7 heteroatoms. The van der Waals surface area contributed by atoms with Crippen LogP contribution < -0.4 is 10.1 Å². The average molecular weight is 355 g/mol. The second-order valence-electron chi connectivity index (χ2n) is 6.23. The summed E-state index contributed by atoms with van der Waals surface area (Å²) in [4.78, 5) is 8.85. The van der Waals surface area contributed by atoms with Crippen LogP contribution in [0.5, 0.6) is 5.75 Å². The number of halogens is 1. The number of aromatic nitrogens is 4. The standard InChI is InChI=1S/C19H22FN5O/c1-5-26-17-7-6-14(8-16(17)20)18-13(4)9-21-19(24-18)23-15-10-22-25(11-15)12(2)3/h6-12H,5H2,1-4H3,(H,21,23,24). The molecule has 0 fully saturated rings. The SMILES string of the molecule is CCOc1ccc(-c2nc(Nc3cnn(C(C)C)c3)ncc2C)cc1F. The van der Waals surface area contributed by atoms with Gasteiger partial charge in [0.2, 0.25) is 5.95 Å². The van der Waals surface area contributed by atoms with Crippen molar-refractivity contribution in [2.75, 3.05) is 11.9 Å². The molecular weight excluding hydrogens is 333 g/mol. The molecule has 0 aliphatic carbocycles. The molecule has 0 unspecified atom stereocenters. The Morgan fingerprint density at radius 2 is 2.08 bits per heavy atom. The summed E-state index contributed by atoms with van der Waals surface area (Å²) < 4.78 is 21.3. The van der Waals surface area contributed by atoms with Gasteiger partial charge in [0.05, 0.1) is 24.2 Å². The summed E-state index contributed by atoms with van der Waals surface area (Å²) in [5.41, 5.74) is 3.00. The molecule has 1 aromatic carbocycles. The first-order valence-corrected chi connectivity index (χ1v) is 8.55. The van der Waals surface area contributed by atoms with E-state index in [1.165, 1.54) is 6.07 Å². The lowest BCUT2D eigenvalue weighted by molar-refractivity contribution is 0.321. The van der Waals surface area contributed by atoms with Gasteiger partial charge in [0, 0.05) is 24.0 Å². The van der Waals surface area contributed by atoms with E-state index in [1.54, 1.807) is 24.5 Å². The van der Waals surface area contributed by atoms with Crippen LogP contribution in [-0.4, -0.2) is 26.4 Å². The molecule has 0 atom stereocenters. The number of nitrogens with one attached hydrogen (secondary N) is 1. The molecule has 6 nitrogen and oxygen atoms in total. The summed E-state index contributed by atoms with van der Waals surface area (Å²) in [6, 6.07) is 5.12. The smallest absolute Gasteiger partial charge is 0.227 e. The van der Waals surface area contributed by atoms with Crippen LogP contribution in [0.15, 0.2) is 36.8 Å². The number of hydrogen-bond acceptors (Lipinski definition) is 5. The van der Waals surface area contributed by atoms with Crippen molar-refractivity contribution in [2.24, 2.45) is 0 Å². The van der Waals surface area contributed by atoms with Crippen molar-refractivity contribution >= 4 is 11.6 Å². The van der Waals surface area contributed by atoms with Gasteiger partial charge in [0.15, 0.2) is 11.6 Å². The Morgan fingerprint density at radius 3 is 2.73 bits per heavy atom. The van der Waals surface area contributed by atoms with Crippen LogP contribution in [0, 0.1) is 12.7 Å². The number of hydrogen-bond donors (Lipinski definition) is 1. The van der Waals surface area contributed by atoms with Crippen molar-refractivity contribution in [3.05, 3.63) is 48.2 Å². The van der Waals surface area contributed by atoms with Crippen molar-refractivity contribution in [1.29, 1.82) is 0 Å². The Bertz CT molecular complexity index is 907. The highest BCUT2D eigenvalue weighted by atomic mass is 19.1. The van der Waals surface area contributed by atoms with Crippen molar-refractivity contribution in [3.63, 3.8) is 0 Å². The predicted octanol–water partition coefficient (Wildman–Crippen LogP) is 4.51. The van der Waals surface area contributed by atoms with E-state index in [2.05, 4.69) is 34.2 Å². The summed E-state index contributed by atoms with van der Waals surface area (Å²) in [5, 5.41) is 7.42. The molecule has 0 amide bonds. The highest BCUT2D eigenvalue weighted by Crippen LogP contribution is 2.27. The number of ether oxygens (including phenoxy) is 1. The number of benzene rings is 1. The van der Waals surface area contributed by atoms with Gasteiger partial charge in [-0.1, -0.05) is 0 Å². The van der Waals surface area contributed by atoms with Gasteiger partial charge in [0.25, 0.3) is 0 Å². The van der Waals surface area contributed by atoms with Gasteiger partial charge >= 0.3 is 0 Å². The minimum atomic E-state index is -0.407. The van der Waals surface area contributed by atoms with E-state index in [-0.39, 0.29) is 11.8 Å². The molecule has 2 heterocycles. The molecule has 3 aromatic rings. The second-order valence-corrected chi connectivity index (χ2v) is 6.23. The molecule has 26 heavy (non-hydrogen) atoms. The molecule has 0 spiro atoms. The summed E-state index contributed by atoms with van der Waals surface area (Å²) in [6.07, 6.45) is 5.33. The molecule has 136 valence electrons. The van der Waals surface area contributed by atoms with Crippen LogP contribution in [0.1, 0.15) is 32.4 Å². The van der Waals surface area contributed by atoms with Crippen LogP contribution in [0.3, 0.4) is 0 Å². The van der Waals surface area contributed by atoms with Crippen molar-refractivity contribution in [2.45, 2.75) is 33.7 Å². The van der Waals surface area contributed by atoms with E-state index in [4.69, 9.17) is 4.74 Å². The molecule has 0 saturated heterocycles. The Labute approximate surface area is 152 Å². The van der Waals surface area contributed by atoms with Crippen molar-refractivity contribution in [3.8, 4) is 17.0 Å². The Balaban J connectivity index is 1.88. The summed E-state index contributed by atoms with van der Waals surface area (Å²) in [7, 11) is 0. The molecule has 3 rings (SSSR count). The van der Waals surface area contributed by atoms with Crippen molar-refractivity contribution in [1.82, 2.24) is 19.7 Å². The van der Waals surface area contributed by atoms with Gasteiger partial charge in [-0.2, -0.15) is 5.10 Å². The van der Waals surface area contributed by atoms with Crippen molar-refractivity contribution < 1.29 is 9.13 Å². The van der Waals surface area contributed by atoms with Gasteiger partial charge in [0.1, 0.15) is 0 Å². The first-order valence-electron chi connectivity index (χ1n) is 8.55. The number of nitrogens with zero attached hydrogens (tertiary/aromatic N) is 4. The van der Waals surface area contributed by atoms with E-state index < -0.39 is 5.82 Å². The third-order valence-corrected chi connectivity index (χ3v) is 3.86. The van der Waals surface area contributed by atoms with Gasteiger partial charge in [-0.05, 0) is 51.5 Å². The number of anilines is 2. The first-order chi connectivity index (χ1) is 12.5. The lowest BCUT2D eigenvalue weighted by Gasteiger charge is -2.10. The molecule has 0 aliphatic rings. The largest absolute Gasteiger partial charge is 0.491 e. The normalized spacial score (nSPS) is 11.0. The molecular formula is C19H22FN5O. The van der Waals surface area contributed by atoms with Gasteiger partial charge in [-0.15, -0.1) is 0 Å². The fourth-order valence-corrected chi connectivity index (χ4v) is 2.53. The summed E-state index contributed by atoms with van der Waals surface area (Å²) in [5.74, 6) is 0.265. The lowest BCUT2D eigenvalue weighted by atomic mass is 10.1.